The summed E-state index contributed by atoms with van der Waals surface area (Å²) < 4.78 is 5.05. The third-order valence-electron chi connectivity index (χ3n) is 2.19. The van der Waals surface area contributed by atoms with E-state index in [9.17, 15) is 0 Å². The van der Waals surface area contributed by atoms with Crippen LogP contribution in [0.1, 0.15) is 5.56 Å². The van der Waals surface area contributed by atoms with Gasteiger partial charge in [-0.1, -0.05) is 12.1 Å². The monoisotopic (exact) mass is 201 g/mol. The molecule has 0 unspecified atom stereocenters. The second-order valence-electron chi connectivity index (χ2n) is 3.17. The van der Waals surface area contributed by atoms with E-state index < -0.39 is 0 Å². The lowest BCUT2D eigenvalue weighted by atomic mass is 10.1. The van der Waals surface area contributed by atoms with Crippen molar-refractivity contribution < 1.29 is 4.74 Å². The van der Waals surface area contributed by atoms with Crippen LogP contribution >= 0.6 is 0 Å². The van der Waals surface area contributed by atoms with E-state index in [1.165, 1.54) is 0 Å². The van der Waals surface area contributed by atoms with Crippen LogP contribution in [0.15, 0.2) is 35.3 Å². The van der Waals surface area contributed by atoms with Crippen LogP contribution in [0.4, 0.5) is 0 Å². The number of nitrogens with zero attached hydrogens (tertiary/aromatic N) is 1. The highest BCUT2D eigenvalue weighted by atomic mass is 16.5. The van der Waals surface area contributed by atoms with E-state index in [0.29, 0.717) is 5.84 Å². The summed E-state index contributed by atoms with van der Waals surface area (Å²) in [6.45, 7) is 0. The number of nitrogens with two attached hydrogens (primary N) is 1. The summed E-state index contributed by atoms with van der Waals surface area (Å²) >= 11 is 0. The van der Waals surface area contributed by atoms with E-state index in [2.05, 4.69) is 4.99 Å². The van der Waals surface area contributed by atoms with Gasteiger partial charge >= 0.3 is 0 Å². The van der Waals surface area contributed by atoms with E-state index in [1.807, 2.05) is 24.3 Å². The number of methoxy groups -OCH3 is 1. The molecule has 0 saturated heterocycles. The van der Waals surface area contributed by atoms with Crippen molar-refractivity contribution in [3.63, 3.8) is 0 Å². The molecule has 0 amide bonds. The molecule has 0 saturated carbocycles. The van der Waals surface area contributed by atoms with Crippen LogP contribution < -0.4 is 10.5 Å². The molecular formula is C11H11N3O. The lowest BCUT2D eigenvalue weighted by Gasteiger charge is -2.03. The Hall–Kier alpha value is -2.10. The average Bonchev–Trinajstić information content (AvgIpc) is 2.58. The van der Waals surface area contributed by atoms with Crippen molar-refractivity contribution in [2.24, 2.45) is 10.7 Å². The molecule has 15 heavy (non-hydrogen) atoms. The highest BCUT2D eigenvalue weighted by Gasteiger charge is 2.13. The van der Waals surface area contributed by atoms with Crippen molar-refractivity contribution in [3.8, 4) is 5.75 Å². The predicted octanol–water partition coefficient (Wildman–Crippen LogP) is 1.43. The van der Waals surface area contributed by atoms with Gasteiger partial charge in [0.25, 0.3) is 0 Å². The fourth-order valence-electron chi connectivity index (χ4n) is 1.43. The van der Waals surface area contributed by atoms with E-state index in [1.54, 1.807) is 13.2 Å². The Labute approximate surface area is 87.6 Å². The summed E-state index contributed by atoms with van der Waals surface area (Å²) in [6, 6.07) is 7.45. The minimum atomic E-state index is 0.206. The van der Waals surface area contributed by atoms with Crippen molar-refractivity contribution in [2.75, 3.05) is 7.11 Å². The fraction of sp³-hybridized carbons (Fsp3) is 0.0909. The Kier molecular flexibility index (Phi) is 2.25. The lowest BCUT2D eigenvalue weighted by molar-refractivity contribution is 0.415. The van der Waals surface area contributed by atoms with Crippen LogP contribution in [-0.4, -0.2) is 18.8 Å². The summed E-state index contributed by atoms with van der Waals surface area (Å²) in [5.41, 5.74) is 7.18. The minimum absolute atomic E-state index is 0.206. The van der Waals surface area contributed by atoms with Crippen LogP contribution in [-0.2, 0) is 0 Å². The SMILES string of the molecule is COc1ccc(C2=CC(N)=NC2=N)cc1. The Bertz CT molecular complexity index is 457. The maximum Gasteiger partial charge on any atom is 0.154 e. The fourth-order valence-corrected chi connectivity index (χ4v) is 1.43. The van der Waals surface area contributed by atoms with E-state index in [-0.39, 0.29) is 5.84 Å². The number of amidine groups is 2. The molecule has 0 aromatic heterocycles. The smallest absolute Gasteiger partial charge is 0.154 e. The van der Waals surface area contributed by atoms with Crippen molar-refractivity contribution in [1.29, 1.82) is 5.41 Å². The van der Waals surface area contributed by atoms with Gasteiger partial charge in [0.1, 0.15) is 11.6 Å². The van der Waals surface area contributed by atoms with E-state index in [4.69, 9.17) is 15.9 Å². The molecule has 2 rings (SSSR count). The molecule has 0 aliphatic carbocycles. The molecule has 0 fully saturated rings. The zero-order valence-corrected chi connectivity index (χ0v) is 8.32. The first-order valence-electron chi connectivity index (χ1n) is 4.50. The van der Waals surface area contributed by atoms with Crippen molar-refractivity contribution in [1.82, 2.24) is 0 Å². The van der Waals surface area contributed by atoms with Crippen molar-refractivity contribution >= 4 is 17.2 Å². The Morgan fingerprint density at radius 2 is 1.93 bits per heavy atom. The number of hydrogen-bond acceptors (Lipinski definition) is 3. The third-order valence-corrected chi connectivity index (χ3v) is 2.19. The highest BCUT2D eigenvalue weighted by Crippen LogP contribution is 2.22. The van der Waals surface area contributed by atoms with Crippen LogP contribution in [0.5, 0.6) is 5.75 Å². The Morgan fingerprint density at radius 1 is 1.27 bits per heavy atom. The molecule has 0 atom stereocenters. The van der Waals surface area contributed by atoms with Crippen molar-refractivity contribution in [3.05, 3.63) is 35.9 Å². The van der Waals surface area contributed by atoms with Crippen LogP contribution in [0, 0.1) is 5.41 Å². The number of nitrogens with one attached hydrogen (secondary N) is 1. The average molecular weight is 201 g/mol. The number of benzene rings is 1. The first-order valence-corrected chi connectivity index (χ1v) is 4.50. The van der Waals surface area contributed by atoms with Gasteiger partial charge < -0.3 is 10.5 Å². The van der Waals surface area contributed by atoms with Gasteiger partial charge in [0, 0.05) is 5.57 Å². The van der Waals surface area contributed by atoms with Crippen molar-refractivity contribution in [2.45, 2.75) is 0 Å². The second-order valence-corrected chi connectivity index (χ2v) is 3.17. The summed E-state index contributed by atoms with van der Waals surface area (Å²) in [7, 11) is 1.62. The molecule has 76 valence electrons. The predicted molar refractivity (Wildman–Crippen MR) is 60.3 cm³/mol. The molecular weight excluding hydrogens is 190 g/mol. The van der Waals surface area contributed by atoms with E-state index >= 15 is 0 Å². The zero-order valence-electron chi connectivity index (χ0n) is 8.32. The molecule has 1 aliphatic heterocycles. The number of hydrogen-bond donors (Lipinski definition) is 2. The molecule has 0 spiro atoms. The molecule has 0 radical (unpaired) electrons. The Balaban J connectivity index is 2.32. The number of ether oxygens (including phenoxy) is 1. The molecule has 1 heterocycles. The van der Waals surface area contributed by atoms with Gasteiger partial charge in [-0.15, -0.1) is 0 Å². The summed E-state index contributed by atoms with van der Waals surface area (Å²) in [6.07, 6.45) is 1.70. The molecule has 1 aromatic carbocycles. The molecule has 1 aliphatic rings. The van der Waals surface area contributed by atoms with Gasteiger partial charge in [0.15, 0.2) is 5.84 Å². The minimum Gasteiger partial charge on any atom is -0.497 e. The van der Waals surface area contributed by atoms with Gasteiger partial charge in [0.05, 0.1) is 7.11 Å². The second kappa shape index (κ2) is 3.57. The largest absolute Gasteiger partial charge is 0.497 e. The Morgan fingerprint density at radius 3 is 2.40 bits per heavy atom. The first-order chi connectivity index (χ1) is 7.20. The normalized spacial score (nSPS) is 14.9. The summed E-state index contributed by atoms with van der Waals surface area (Å²) in [5.74, 6) is 1.38. The highest BCUT2D eigenvalue weighted by molar-refractivity contribution is 6.33. The molecule has 0 bridgehead atoms. The maximum absolute atomic E-state index is 7.61. The molecule has 4 heteroatoms. The third kappa shape index (κ3) is 1.74. The molecule has 4 nitrogen and oxygen atoms in total. The van der Waals surface area contributed by atoms with Gasteiger partial charge in [0.2, 0.25) is 0 Å². The van der Waals surface area contributed by atoms with Crippen LogP contribution in [0.25, 0.3) is 5.57 Å². The topological polar surface area (TPSA) is 71.5 Å². The van der Waals surface area contributed by atoms with E-state index in [0.717, 1.165) is 16.9 Å². The quantitative estimate of drug-likeness (QED) is 0.759. The van der Waals surface area contributed by atoms with Gasteiger partial charge in [-0.3, -0.25) is 5.41 Å². The van der Waals surface area contributed by atoms with Gasteiger partial charge in [-0.05, 0) is 23.8 Å². The zero-order chi connectivity index (χ0) is 10.8. The lowest BCUT2D eigenvalue weighted by Crippen LogP contribution is -2.04. The first kappa shape index (κ1) is 9.45. The number of aliphatic imine (C=N–C) groups is 1. The number of rotatable bonds is 2. The summed E-state index contributed by atoms with van der Waals surface area (Å²) in [4.78, 5) is 3.84. The van der Waals surface area contributed by atoms with Gasteiger partial charge in [-0.2, -0.15) is 0 Å². The van der Waals surface area contributed by atoms with Gasteiger partial charge in [-0.25, -0.2) is 4.99 Å². The van der Waals surface area contributed by atoms with Crippen LogP contribution in [0.3, 0.4) is 0 Å². The maximum atomic E-state index is 7.61. The van der Waals surface area contributed by atoms with Crippen LogP contribution in [0.2, 0.25) is 0 Å². The standard InChI is InChI=1S/C11H11N3O/c1-15-8-4-2-7(3-5-8)9-6-10(12)14-11(9)13/h2-6H,1H3,(H3,12,13,14). The molecule has 1 aromatic rings. The summed E-state index contributed by atoms with van der Waals surface area (Å²) in [5, 5.41) is 7.61. The molecule has 3 N–H and O–H groups in total.